The highest BCUT2D eigenvalue weighted by Crippen LogP contribution is 2.38. The number of ether oxygens (including phenoxy) is 1. The van der Waals surface area contributed by atoms with E-state index in [9.17, 15) is 0 Å². The molecule has 0 fully saturated rings. The molecule has 0 amide bonds. The van der Waals surface area contributed by atoms with E-state index in [0.29, 0.717) is 0 Å². The Morgan fingerprint density at radius 2 is 1.50 bits per heavy atom. The fraction of sp³-hybridized carbons (Fsp3) is 0.417. The summed E-state index contributed by atoms with van der Waals surface area (Å²) in [7, 11) is 0. The van der Waals surface area contributed by atoms with Crippen LogP contribution in [0.5, 0.6) is 5.75 Å². The first-order chi connectivity index (χ1) is 12.5. The number of aryl methyl sites for hydroxylation is 2. The van der Waals surface area contributed by atoms with Gasteiger partial charge in [-0.15, -0.1) is 0 Å². The molecule has 0 radical (unpaired) electrons. The van der Waals surface area contributed by atoms with Crippen LogP contribution in [0.3, 0.4) is 0 Å². The third-order valence-electron chi connectivity index (χ3n) is 4.00. The van der Waals surface area contributed by atoms with Crippen LogP contribution >= 0.6 is 0 Å². The van der Waals surface area contributed by atoms with Crippen molar-refractivity contribution >= 4 is 11.0 Å². The van der Waals surface area contributed by atoms with E-state index >= 15 is 0 Å². The molecule has 2 nitrogen and oxygen atoms in total. The van der Waals surface area contributed by atoms with Crippen LogP contribution in [0, 0.1) is 13.8 Å². The van der Waals surface area contributed by atoms with E-state index in [1.54, 1.807) is 0 Å². The van der Waals surface area contributed by atoms with Crippen molar-refractivity contribution < 1.29 is 9.15 Å². The van der Waals surface area contributed by atoms with Crippen molar-refractivity contribution in [1.82, 2.24) is 0 Å². The first-order valence-electron chi connectivity index (χ1n) is 9.65. The fourth-order valence-electron chi connectivity index (χ4n) is 2.76. The monoisotopic (exact) mass is 354 g/mol. The van der Waals surface area contributed by atoms with Crippen molar-refractivity contribution in [3.63, 3.8) is 0 Å². The number of rotatable bonds is 0. The number of fused-ring (bicyclic) bond motifs is 2. The minimum Gasteiger partial charge on any atom is -0.492 e. The maximum atomic E-state index is 5.59. The van der Waals surface area contributed by atoms with Gasteiger partial charge in [-0.2, -0.15) is 0 Å². The molecule has 142 valence electrons. The maximum absolute atomic E-state index is 5.59. The van der Waals surface area contributed by atoms with Crippen molar-refractivity contribution in [1.29, 1.82) is 0 Å². The van der Waals surface area contributed by atoms with Crippen LogP contribution in [0.2, 0.25) is 0 Å². The highest BCUT2D eigenvalue weighted by molar-refractivity contribution is 5.77. The standard InChI is InChI=1S/C11H14O.C9H8O.2C2H6/c1-8-4-5-9-10(6-8)12-7-11(9,2)3;1-7-6-8-4-2-3-5-9(8)10-7;2*1-2/h4-6H,7H2,1-3H3;2-6H,1H3;2*1-2H3. The molecule has 3 aromatic rings. The molecule has 1 aliphatic rings. The molecule has 1 aromatic heterocycles. The molecule has 0 saturated heterocycles. The molecule has 2 heterocycles. The van der Waals surface area contributed by atoms with Crippen LogP contribution in [0.4, 0.5) is 0 Å². The zero-order valence-corrected chi connectivity index (χ0v) is 17.6. The highest BCUT2D eigenvalue weighted by Gasteiger charge is 2.31. The lowest BCUT2D eigenvalue weighted by Gasteiger charge is -2.14. The first kappa shape index (κ1) is 21.8. The van der Waals surface area contributed by atoms with Gasteiger partial charge in [0, 0.05) is 16.4 Å². The van der Waals surface area contributed by atoms with Gasteiger partial charge in [0.2, 0.25) is 0 Å². The van der Waals surface area contributed by atoms with Gasteiger partial charge in [-0.3, -0.25) is 0 Å². The van der Waals surface area contributed by atoms with Crippen LogP contribution < -0.4 is 4.74 Å². The predicted octanol–water partition coefficient (Wildman–Crippen LogP) is 7.46. The van der Waals surface area contributed by atoms with Crippen molar-refractivity contribution in [2.24, 2.45) is 0 Å². The molecular weight excluding hydrogens is 320 g/mol. The second kappa shape index (κ2) is 10.1. The summed E-state index contributed by atoms with van der Waals surface area (Å²) in [5, 5.41) is 1.18. The summed E-state index contributed by atoms with van der Waals surface area (Å²) in [4.78, 5) is 0. The van der Waals surface area contributed by atoms with E-state index in [-0.39, 0.29) is 5.41 Å². The quantitative estimate of drug-likeness (QED) is 0.418. The van der Waals surface area contributed by atoms with Crippen LogP contribution in [-0.2, 0) is 5.41 Å². The third-order valence-corrected chi connectivity index (χ3v) is 4.00. The lowest BCUT2D eigenvalue weighted by Crippen LogP contribution is -2.18. The van der Waals surface area contributed by atoms with Gasteiger partial charge in [0.15, 0.2) is 0 Å². The highest BCUT2D eigenvalue weighted by atomic mass is 16.5. The lowest BCUT2D eigenvalue weighted by molar-refractivity contribution is 0.291. The normalized spacial score (nSPS) is 13.1. The second-order valence-corrected chi connectivity index (χ2v) is 6.57. The molecule has 26 heavy (non-hydrogen) atoms. The average molecular weight is 355 g/mol. The zero-order valence-electron chi connectivity index (χ0n) is 17.6. The zero-order chi connectivity index (χ0) is 19.7. The number of furan rings is 1. The van der Waals surface area contributed by atoms with E-state index in [4.69, 9.17) is 9.15 Å². The Balaban J connectivity index is 0.000000221. The Morgan fingerprint density at radius 1 is 0.846 bits per heavy atom. The summed E-state index contributed by atoms with van der Waals surface area (Å²) in [5.41, 5.74) is 3.78. The Morgan fingerprint density at radius 3 is 2.15 bits per heavy atom. The smallest absolute Gasteiger partial charge is 0.134 e. The summed E-state index contributed by atoms with van der Waals surface area (Å²) in [6, 6.07) is 16.5. The summed E-state index contributed by atoms with van der Waals surface area (Å²) in [5.74, 6) is 2.04. The predicted molar refractivity (Wildman–Crippen MR) is 113 cm³/mol. The first-order valence-corrected chi connectivity index (χ1v) is 9.65. The molecule has 0 spiro atoms. The minimum atomic E-state index is 0.197. The molecule has 0 bridgehead atoms. The van der Waals surface area contributed by atoms with Gasteiger partial charge in [0.25, 0.3) is 0 Å². The number of hydrogen-bond donors (Lipinski definition) is 0. The molecular formula is C24H34O2. The van der Waals surface area contributed by atoms with Crippen molar-refractivity contribution in [2.45, 2.75) is 60.8 Å². The summed E-state index contributed by atoms with van der Waals surface area (Å²) in [6.45, 7) is 17.3. The Bertz CT molecular complexity index is 764. The molecule has 0 atom stereocenters. The largest absolute Gasteiger partial charge is 0.492 e. The van der Waals surface area contributed by atoms with Gasteiger partial charge < -0.3 is 9.15 Å². The molecule has 0 saturated carbocycles. The summed E-state index contributed by atoms with van der Waals surface area (Å²) in [6.07, 6.45) is 0. The second-order valence-electron chi connectivity index (χ2n) is 6.57. The van der Waals surface area contributed by atoms with Gasteiger partial charge >= 0.3 is 0 Å². The van der Waals surface area contributed by atoms with E-state index in [2.05, 4.69) is 39.0 Å². The van der Waals surface area contributed by atoms with Gasteiger partial charge in [-0.25, -0.2) is 0 Å². The molecule has 0 N–H and O–H groups in total. The third kappa shape index (κ3) is 5.39. The molecule has 4 rings (SSSR count). The van der Waals surface area contributed by atoms with Crippen LogP contribution in [0.25, 0.3) is 11.0 Å². The van der Waals surface area contributed by atoms with Crippen molar-refractivity contribution in [3.8, 4) is 5.75 Å². The minimum absolute atomic E-state index is 0.197. The maximum Gasteiger partial charge on any atom is 0.134 e. The Hall–Kier alpha value is -2.22. The fourth-order valence-corrected chi connectivity index (χ4v) is 2.76. The van der Waals surface area contributed by atoms with E-state index in [0.717, 1.165) is 23.7 Å². The summed E-state index contributed by atoms with van der Waals surface area (Å²) < 4.78 is 11.0. The van der Waals surface area contributed by atoms with Gasteiger partial charge in [0.1, 0.15) is 17.1 Å². The molecule has 1 aliphatic heterocycles. The molecule has 2 aromatic carbocycles. The van der Waals surface area contributed by atoms with E-state index in [1.807, 2.05) is 65.0 Å². The average Bonchev–Trinajstić information content (AvgIpc) is 3.17. The summed E-state index contributed by atoms with van der Waals surface area (Å²) >= 11 is 0. The van der Waals surface area contributed by atoms with E-state index < -0.39 is 0 Å². The van der Waals surface area contributed by atoms with Crippen LogP contribution in [0.15, 0.2) is 52.9 Å². The lowest BCUT2D eigenvalue weighted by atomic mass is 9.87. The van der Waals surface area contributed by atoms with Gasteiger partial charge in [-0.05, 0) is 37.6 Å². The SMILES string of the molecule is CC.CC.Cc1cc2ccccc2o1.Cc1ccc2c(c1)OCC2(C)C. The Labute approximate surface area is 159 Å². The van der Waals surface area contributed by atoms with Crippen molar-refractivity contribution in [3.05, 3.63) is 65.4 Å². The van der Waals surface area contributed by atoms with Gasteiger partial charge in [0.05, 0.1) is 6.61 Å². The van der Waals surface area contributed by atoms with E-state index in [1.165, 1.54) is 16.5 Å². The van der Waals surface area contributed by atoms with Crippen molar-refractivity contribution in [2.75, 3.05) is 6.61 Å². The number of para-hydroxylation sites is 1. The van der Waals surface area contributed by atoms with Crippen LogP contribution in [0.1, 0.15) is 58.4 Å². The Kier molecular flexibility index (Phi) is 8.44. The number of hydrogen-bond acceptors (Lipinski definition) is 2. The molecule has 0 aliphatic carbocycles. The molecule has 2 heteroatoms. The molecule has 0 unspecified atom stereocenters. The number of benzene rings is 2. The van der Waals surface area contributed by atoms with Gasteiger partial charge in [-0.1, -0.05) is 71.9 Å². The topological polar surface area (TPSA) is 22.4 Å². The van der Waals surface area contributed by atoms with Crippen LogP contribution in [-0.4, -0.2) is 6.61 Å².